The Morgan fingerprint density at radius 1 is 1.16 bits per heavy atom. The molecule has 0 N–H and O–H groups in total. The van der Waals surface area contributed by atoms with E-state index in [1.807, 2.05) is 18.2 Å². The van der Waals surface area contributed by atoms with Crippen molar-refractivity contribution in [3.63, 3.8) is 0 Å². The normalized spacial score (nSPS) is 17.6. The van der Waals surface area contributed by atoms with Gasteiger partial charge in [0, 0.05) is 25.0 Å². The molecule has 2 atom stereocenters. The molecule has 1 aliphatic rings. The fourth-order valence-electron chi connectivity index (χ4n) is 4.87. The summed E-state index contributed by atoms with van der Waals surface area (Å²) < 4.78 is 4.46. The van der Waals surface area contributed by atoms with Crippen LogP contribution in [-0.4, -0.2) is 31.5 Å². The third-order valence-corrected chi connectivity index (χ3v) is 7.00. The number of hydrogen-bond donors (Lipinski definition) is 0. The van der Waals surface area contributed by atoms with Crippen LogP contribution in [-0.2, 0) is 4.79 Å². The van der Waals surface area contributed by atoms with Crippen LogP contribution in [0.3, 0.4) is 0 Å². The summed E-state index contributed by atoms with van der Waals surface area (Å²) in [6.07, 6.45) is 6.55. The number of nitrogens with zero attached hydrogens (tertiary/aromatic N) is 4. The van der Waals surface area contributed by atoms with Crippen LogP contribution in [0.25, 0.3) is 11.0 Å². The van der Waals surface area contributed by atoms with E-state index in [2.05, 4.69) is 75.3 Å². The Labute approximate surface area is 186 Å². The molecule has 0 aliphatic carbocycles. The third-order valence-electron chi connectivity index (χ3n) is 6.29. The Balaban J connectivity index is 1.46. The fourth-order valence-corrected chi connectivity index (χ4v) is 5.58. The average molecular weight is 433 g/mol. The van der Waals surface area contributed by atoms with E-state index in [1.165, 1.54) is 5.56 Å². The Hall–Kier alpha value is -2.86. The minimum Gasteiger partial charge on any atom is -0.346 e. The monoisotopic (exact) mass is 432 g/mol. The van der Waals surface area contributed by atoms with Crippen molar-refractivity contribution in [1.29, 1.82) is 0 Å². The molecule has 0 radical (unpaired) electrons. The fraction of sp³-hybridized carbons (Fsp3) is 0.360. The number of benzene rings is 1. The number of carbonyl (C=O) groups is 1. The van der Waals surface area contributed by atoms with E-state index in [0.29, 0.717) is 12.5 Å². The van der Waals surface area contributed by atoms with Crippen molar-refractivity contribution in [2.75, 3.05) is 6.54 Å². The molecule has 3 aromatic heterocycles. The molecule has 1 fully saturated rings. The number of carbonyl (C=O) groups excluding carboxylic acids is 1. The first kappa shape index (κ1) is 20.1. The number of para-hydroxylation sites is 2. The summed E-state index contributed by atoms with van der Waals surface area (Å²) in [5.74, 6) is 1.23. The molecule has 5 rings (SSSR count). The van der Waals surface area contributed by atoms with Crippen molar-refractivity contribution in [2.45, 2.75) is 51.2 Å². The first-order chi connectivity index (χ1) is 15.1. The van der Waals surface area contributed by atoms with E-state index < -0.39 is 0 Å². The molecule has 6 heteroatoms. The largest absolute Gasteiger partial charge is 0.346 e. The van der Waals surface area contributed by atoms with Crippen LogP contribution in [0.4, 0.5) is 0 Å². The second kappa shape index (κ2) is 8.35. The van der Waals surface area contributed by atoms with Gasteiger partial charge in [-0.2, -0.15) is 11.3 Å². The van der Waals surface area contributed by atoms with Crippen molar-refractivity contribution >= 4 is 28.3 Å². The number of aromatic nitrogens is 3. The van der Waals surface area contributed by atoms with Gasteiger partial charge >= 0.3 is 0 Å². The zero-order chi connectivity index (χ0) is 21.4. The van der Waals surface area contributed by atoms with Gasteiger partial charge in [0.1, 0.15) is 5.82 Å². The molecule has 0 saturated carbocycles. The van der Waals surface area contributed by atoms with Gasteiger partial charge in [-0.15, -0.1) is 0 Å². The maximum atomic E-state index is 13.6. The minimum atomic E-state index is 0.0268. The summed E-state index contributed by atoms with van der Waals surface area (Å²) >= 11 is 1.68. The molecule has 160 valence electrons. The van der Waals surface area contributed by atoms with E-state index in [9.17, 15) is 4.79 Å². The smallest absolute Gasteiger partial charge is 0.225 e. The summed E-state index contributed by atoms with van der Waals surface area (Å²) in [6, 6.07) is 14.8. The van der Waals surface area contributed by atoms with Gasteiger partial charge in [-0.25, -0.2) is 4.98 Å². The number of fused-ring (bicyclic) bond motifs is 1. The molecule has 0 bridgehead atoms. The third kappa shape index (κ3) is 3.69. The van der Waals surface area contributed by atoms with Gasteiger partial charge in [-0.05, 0) is 73.3 Å². The predicted octanol–water partition coefficient (Wildman–Crippen LogP) is 5.82. The lowest BCUT2D eigenvalue weighted by atomic mass is 10.1. The zero-order valence-corrected chi connectivity index (χ0v) is 18.8. The maximum Gasteiger partial charge on any atom is 0.225 e. The first-order valence-electron chi connectivity index (χ1n) is 11.0. The average Bonchev–Trinajstić information content (AvgIpc) is 3.56. The Morgan fingerprint density at radius 3 is 2.71 bits per heavy atom. The molecule has 4 aromatic rings. The molecule has 1 aliphatic heterocycles. The number of rotatable bonds is 6. The van der Waals surface area contributed by atoms with Crippen LogP contribution in [0.5, 0.6) is 0 Å². The molecule has 0 unspecified atom stereocenters. The van der Waals surface area contributed by atoms with E-state index >= 15 is 0 Å². The van der Waals surface area contributed by atoms with Gasteiger partial charge in [0.2, 0.25) is 5.91 Å². The Bertz CT molecular complexity index is 1130. The molecular formula is C25H28N4OS. The van der Waals surface area contributed by atoms with Gasteiger partial charge in [-0.1, -0.05) is 12.1 Å². The summed E-state index contributed by atoms with van der Waals surface area (Å²) in [6.45, 7) is 5.18. The number of amides is 1. The van der Waals surface area contributed by atoms with Gasteiger partial charge < -0.3 is 14.0 Å². The number of imidazole rings is 1. The lowest BCUT2D eigenvalue weighted by molar-refractivity contribution is -0.132. The lowest BCUT2D eigenvalue weighted by Gasteiger charge is -2.28. The quantitative estimate of drug-likeness (QED) is 0.385. The second-order valence-electron chi connectivity index (χ2n) is 8.57. The highest BCUT2D eigenvalue weighted by Gasteiger charge is 2.35. The van der Waals surface area contributed by atoms with Crippen molar-refractivity contribution in [1.82, 2.24) is 19.0 Å². The van der Waals surface area contributed by atoms with Gasteiger partial charge in [0.15, 0.2) is 0 Å². The maximum absolute atomic E-state index is 13.6. The molecule has 1 aromatic carbocycles. The number of likely N-dealkylation sites (tertiary alicyclic amines) is 1. The summed E-state index contributed by atoms with van der Waals surface area (Å²) in [7, 11) is 0. The highest BCUT2D eigenvalue weighted by atomic mass is 32.1. The summed E-state index contributed by atoms with van der Waals surface area (Å²) in [5, 5.41) is 4.23. The van der Waals surface area contributed by atoms with Crippen molar-refractivity contribution in [3.8, 4) is 0 Å². The van der Waals surface area contributed by atoms with Crippen LogP contribution in [0, 0.1) is 0 Å². The van der Waals surface area contributed by atoms with E-state index in [1.54, 1.807) is 11.3 Å². The molecule has 4 heterocycles. The minimum absolute atomic E-state index is 0.0268. The Kier molecular flexibility index (Phi) is 5.40. The van der Waals surface area contributed by atoms with Crippen LogP contribution in [0.2, 0.25) is 0 Å². The standard InChI is InChI=1S/C25H28N4OS/c1-18(2)29-21-9-4-3-8-20(21)26-25(29)22-10-7-14-28(22)24(30)16-23(19-11-15-31-17-19)27-12-5-6-13-27/h3-6,8-9,11-13,15,17-18,22-23H,7,10,14,16H2,1-2H3/t22-,23+/m0/s1. The highest BCUT2D eigenvalue weighted by molar-refractivity contribution is 7.08. The molecule has 0 spiro atoms. The van der Waals surface area contributed by atoms with Crippen molar-refractivity contribution in [3.05, 3.63) is 77.0 Å². The molecule has 31 heavy (non-hydrogen) atoms. The SMILES string of the molecule is CC(C)n1c([C@@H]2CCCN2C(=O)C[C@H](c2ccsc2)n2cccc2)nc2ccccc21. The van der Waals surface area contributed by atoms with Gasteiger partial charge in [0.05, 0.1) is 29.5 Å². The summed E-state index contributed by atoms with van der Waals surface area (Å²) in [4.78, 5) is 20.7. The number of hydrogen-bond acceptors (Lipinski definition) is 3. The predicted molar refractivity (Wildman–Crippen MR) is 125 cm³/mol. The molecular weight excluding hydrogens is 404 g/mol. The Morgan fingerprint density at radius 2 is 1.97 bits per heavy atom. The van der Waals surface area contributed by atoms with E-state index in [-0.39, 0.29) is 18.0 Å². The van der Waals surface area contributed by atoms with Crippen molar-refractivity contribution < 1.29 is 4.79 Å². The van der Waals surface area contributed by atoms with Crippen LogP contribution < -0.4 is 0 Å². The van der Waals surface area contributed by atoms with Crippen LogP contribution >= 0.6 is 11.3 Å². The van der Waals surface area contributed by atoms with Gasteiger partial charge in [0.25, 0.3) is 0 Å². The zero-order valence-electron chi connectivity index (χ0n) is 18.0. The van der Waals surface area contributed by atoms with Gasteiger partial charge in [-0.3, -0.25) is 4.79 Å². The molecule has 5 nitrogen and oxygen atoms in total. The van der Waals surface area contributed by atoms with E-state index in [0.717, 1.165) is 36.2 Å². The summed E-state index contributed by atoms with van der Waals surface area (Å²) in [5.41, 5.74) is 3.35. The first-order valence-corrected chi connectivity index (χ1v) is 12.0. The molecule has 1 amide bonds. The van der Waals surface area contributed by atoms with Crippen LogP contribution in [0.15, 0.2) is 65.6 Å². The van der Waals surface area contributed by atoms with Crippen LogP contribution in [0.1, 0.15) is 62.6 Å². The number of thiophene rings is 1. The van der Waals surface area contributed by atoms with Crippen molar-refractivity contribution in [2.24, 2.45) is 0 Å². The topological polar surface area (TPSA) is 43.1 Å². The molecule has 1 saturated heterocycles. The van der Waals surface area contributed by atoms with E-state index in [4.69, 9.17) is 4.98 Å². The lowest BCUT2D eigenvalue weighted by Crippen LogP contribution is -2.34. The highest BCUT2D eigenvalue weighted by Crippen LogP contribution is 2.36. The second-order valence-corrected chi connectivity index (χ2v) is 9.35.